The monoisotopic (exact) mass is 299 g/mol. The van der Waals surface area contributed by atoms with E-state index in [0.29, 0.717) is 25.0 Å². The zero-order chi connectivity index (χ0) is 16.3. The van der Waals surface area contributed by atoms with Crippen LogP contribution >= 0.6 is 0 Å². The summed E-state index contributed by atoms with van der Waals surface area (Å²) in [6.07, 6.45) is 2.42. The molecule has 0 N–H and O–H groups in total. The predicted octanol–water partition coefficient (Wildman–Crippen LogP) is 2.19. The van der Waals surface area contributed by atoms with Gasteiger partial charge in [-0.3, -0.25) is 14.5 Å². The third kappa shape index (κ3) is 5.22. The van der Waals surface area contributed by atoms with Crippen LogP contribution < -0.4 is 0 Å². The molecule has 0 saturated heterocycles. The van der Waals surface area contributed by atoms with Gasteiger partial charge in [-0.15, -0.1) is 0 Å². The highest BCUT2D eigenvalue weighted by molar-refractivity contribution is 6.15. The normalized spacial score (nSPS) is 19.0. The van der Waals surface area contributed by atoms with Crippen LogP contribution in [0.5, 0.6) is 0 Å². The van der Waals surface area contributed by atoms with Gasteiger partial charge in [0.25, 0.3) is 11.8 Å². The average molecular weight is 299 g/mol. The summed E-state index contributed by atoms with van der Waals surface area (Å²) in [5.74, 6) is -1.41. The van der Waals surface area contributed by atoms with Gasteiger partial charge in [-0.05, 0) is 41.0 Å². The topological polar surface area (TPSA) is 65.1 Å². The van der Waals surface area contributed by atoms with Crippen molar-refractivity contribution >= 4 is 11.8 Å². The summed E-state index contributed by atoms with van der Waals surface area (Å²) >= 11 is 0. The Morgan fingerprint density at radius 2 is 1.76 bits per heavy atom. The summed E-state index contributed by atoms with van der Waals surface area (Å²) in [7, 11) is 1.53. The van der Waals surface area contributed by atoms with Crippen LogP contribution in [0, 0.1) is 0 Å². The lowest BCUT2D eigenvalue weighted by Crippen LogP contribution is -2.37. The van der Waals surface area contributed by atoms with Crippen molar-refractivity contribution in [2.24, 2.45) is 0 Å². The second-order valence-electron chi connectivity index (χ2n) is 6.34. The summed E-state index contributed by atoms with van der Waals surface area (Å²) in [6.45, 7) is 9.36. The number of hydrogen-bond donors (Lipinski definition) is 0. The minimum absolute atomic E-state index is 0.231. The molecule has 21 heavy (non-hydrogen) atoms. The number of nitrogens with zero attached hydrogens (tertiary/aromatic N) is 1. The van der Waals surface area contributed by atoms with E-state index in [1.807, 2.05) is 20.8 Å². The Bertz CT molecular complexity index is 438. The van der Waals surface area contributed by atoms with Crippen LogP contribution in [0.25, 0.3) is 0 Å². The maximum absolute atomic E-state index is 11.7. The predicted molar refractivity (Wildman–Crippen MR) is 77.0 cm³/mol. The highest BCUT2D eigenvalue weighted by Crippen LogP contribution is 2.23. The molecule has 6 heteroatoms. The molecule has 120 valence electrons. The Hall–Kier alpha value is -1.24. The molecular weight excluding hydrogens is 274 g/mol. The van der Waals surface area contributed by atoms with E-state index in [-0.39, 0.29) is 11.8 Å². The van der Waals surface area contributed by atoms with E-state index in [1.165, 1.54) is 18.1 Å². The first-order valence-corrected chi connectivity index (χ1v) is 7.04. The number of imide groups is 1. The summed E-state index contributed by atoms with van der Waals surface area (Å²) < 4.78 is 5.32. The number of amides is 2. The zero-order valence-electron chi connectivity index (χ0n) is 13.7. The second kappa shape index (κ2) is 6.68. The zero-order valence-corrected chi connectivity index (χ0v) is 13.7. The highest BCUT2D eigenvalue weighted by Gasteiger charge is 2.31. The Morgan fingerprint density at radius 3 is 2.19 bits per heavy atom. The fourth-order valence-electron chi connectivity index (χ4n) is 1.80. The van der Waals surface area contributed by atoms with Gasteiger partial charge in [0, 0.05) is 31.7 Å². The van der Waals surface area contributed by atoms with Gasteiger partial charge in [-0.25, -0.2) is 9.78 Å². The van der Waals surface area contributed by atoms with E-state index in [2.05, 4.69) is 0 Å². The molecule has 1 rings (SSSR count). The van der Waals surface area contributed by atoms with Gasteiger partial charge in [0.05, 0.1) is 5.60 Å². The number of methoxy groups -OCH3 is 1. The molecule has 0 fully saturated rings. The Labute approximate surface area is 126 Å². The first kappa shape index (κ1) is 17.8. The lowest BCUT2D eigenvalue weighted by atomic mass is 10.1. The quantitative estimate of drug-likeness (QED) is 0.312. The molecular formula is C15H25NO5. The van der Waals surface area contributed by atoms with Crippen LogP contribution in [0.2, 0.25) is 0 Å². The van der Waals surface area contributed by atoms with Crippen molar-refractivity contribution in [1.82, 2.24) is 4.90 Å². The van der Waals surface area contributed by atoms with Crippen molar-refractivity contribution in [1.29, 1.82) is 0 Å². The Kier molecular flexibility index (Phi) is 5.67. The molecule has 0 aliphatic carbocycles. The molecule has 0 spiro atoms. The molecule has 0 radical (unpaired) electrons. The van der Waals surface area contributed by atoms with Crippen LogP contribution in [0.1, 0.15) is 47.5 Å². The van der Waals surface area contributed by atoms with Crippen molar-refractivity contribution in [3.05, 3.63) is 11.6 Å². The maximum atomic E-state index is 11.7. The molecule has 1 unspecified atom stereocenters. The number of ether oxygens (including phenoxy) is 1. The molecule has 0 aromatic rings. The van der Waals surface area contributed by atoms with E-state index < -0.39 is 11.4 Å². The van der Waals surface area contributed by atoms with Crippen LogP contribution in [0.15, 0.2) is 11.6 Å². The minimum atomic E-state index is -0.915. The summed E-state index contributed by atoms with van der Waals surface area (Å²) in [5, 5.41) is 0. The third-order valence-corrected chi connectivity index (χ3v) is 3.10. The Balaban J connectivity index is 2.45. The average Bonchev–Trinajstić information content (AvgIpc) is 2.62. The Morgan fingerprint density at radius 1 is 1.14 bits per heavy atom. The fourth-order valence-corrected chi connectivity index (χ4v) is 1.80. The molecule has 1 aliphatic rings. The van der Waals surface area contributed by atoms with E-state index in [1.54, 1.807) is 13.8 Å². The molecule has 0 bridgehead atoms. The third-order valence-electron chi connectivity index (χ3n) is 3.10. The van der Waals surface area contributed by atoms with Crippen molar-refractivity contribution in [2.75, 3.05) is 13.7 Å². The number of carbonyl (C=O) groups is 2. The second-order valence-corrected chi connectivity index (χ2v) is 6.34. The summed E-state index contributed by atoms with van der Waals surface area (Å²) in [4.78, 5) is 35.2. The number of rotatable bonds is 7. The maximum Gasteiger partial charge on any atom is 0.256 e. The van der Waals surface area contributed by atoms with Crippen molar-refractivity contribution in [2.45, 2.75) is 58.8 Å². The van der Waals surface area contributed by atoms with E-state index in [4.69, 9.17) is 14.5 Å². The van der Waals surface area contributed by atoms with Crippen molar-refractivity contribution < 1.29 is 24.1 Å². The fraction of sp³-hybridized carbons (Fsp3) is 0.733. The lowest BCUT2D eigenvalue weighted by Gasteiger charge is -2.30. The van der Waals surface area contributed by atoms with E-state index in [0.717, 1.165) is 0 Å². The van der Waals surface area contributed by atoms with Crippen molar-refractivity contribution in [3.63, 3.8) is 0 Å². The smallest absolute Gasteiger partial charge is 0.256 e. The van der Waals surface area contributed by atoms with Gasteiger partial charge in [0.15, 0.2) is 5.79 Å². The molecule has 0 aromatic carbocycles. The number of hydrogen-bond acceptors (Lipinski definition) is 5. The molecule has 0 saturated carbocycles. The standard InChI is InChI=1S/C15H25NO5/c1-11-10-12(17)16(13(11)18)9-7-8-15(5,19-6)21-20-14(2,3)4/h10H,7-9H2,1-6H3. The van der Waals surface area contributed by atoms with Gasteiger partial charge < -0.3 is 4.74 Å². The minimum Gasteiger partial charge on any atom is -0.351 e. The molecule has 1 heterocycles. The molecule has 0 aromatic heterocycles. The van der Waals surface area contributed by atoms with Crippen LogP contribution in [-0.4, -0.2) is 41.8 Å². The van der Waals surface area contributed by atoms with Gasteiger partial charge in [-0.1, -0.05) is 0 Å². The summed E-state index contributed by atoms with van der Waals surface area (Å²) in [5.41, 5.74) is 0.0312. The van der Waals surface area contributed by atoms with Crippen LogP contribution in [0.3, 0.4) is 0 Å². The van der Waals surface area contributed by atoms with Gasteiger partial charge in [0.2, 0.25) is 0 Å². The first-order valence-electron chi connectivity index (χ1n) is 7.04. The molecule has 2 amide bonds. The highest BCUT2D eigenvalue weighted by atomic mass is 17.2. The SMILES string of the molecule is COC(C)(CCCN1C(=O)C=C(C)C1=O)OOC(C)(C)C. The largest absolute Gasteiger partial charge is 0.351 e. The van der Waals surface area contributed by atoms with E-state index in [9.17, 15) is 9.59 Å². The summed E-state index contributed by atoms with van der Waals surface area (Å²) in [6, 6.07) is 0. The molecule has 1 atom stereocenters. The van der Waals surface area contributed by atoms with Crippen molar-refractivity contribution in [3.8, 4) is 0 Å². The van der Waals surface area contributed by atoms with Crippen LogP contribution in [-0.2, 0) is 24.1 Å². The van der Waals surface area contributed by atoms with Gasteiger partial charge in [-0.2, -0.15) is 0 Å². The van der Waals surface area contributed by atoms with Gasteiger partial charge >= 0.3 is 0 Å². The van der Waals surface area contributed by atoms with Gasteiger partial charge in [0.1, 0.15) is 0 Å². The number of carbonyl (C=O) groups excluding carboxylic acids is 2. The molecule has 6 nitrogen and oxygen atoms in total. The first-order chi connectivity index (χ1) is 9.58. The lowest BCUT2D eigenvalue weighted by molar-refractivity contribution is -0.452. The van der Waals surface area contributed by atoms with E-state index >= 15 is 0 Å². The molecule has 1 aliphatic heterocycles. The van der Waals surface area contributed by atoms with Crippen LogP contribution in [0.4, 0.5) is 0 Å².